The molecule has 0 saturated heterocycles. The molecule has 4 rings (SSSR count). The lowest BCUT2D eigenvalue weighted by molar-refractivity contribution is -0.155. The maximum atomic E-state index is 14.0. The van der Waals surface area contributed by atoms with Gasteiger partial charge in [-0.05, 0) is 38.4 Å². The molecule has 2 atom stereocenters. The van der Waals surface area contributed by atoms with Gasteiger partial charge in [-0.1, -0.05) is 0 Å². The first kappa shape index (κ1) is 38.5. The molecule has 0 saturated carbocycles. The number of fused-ring (bicyclic) bond motifs is 2. The van der Waals surface area contributed by atoms with E-state index in [-0.39, 0.29) is 48.7 Å². The smallest absolute Gasteiger partial charge is 0.332 e. The molecule has 0 N–H and O–H groups in total. The van der Waals surface area contributed by atoms with Crippen LogP contribution in [-0.2, 0) is 51.8 Å². The number of rotatable bonds is 16. The molecule has 0 amide bonds. The summed E-state index contributed by atoms with van der Waals surface area (Å²) in [5.41, 5.74) is 0.574. The van der Waals surface area contributed by atoms with Crippen molar-refractivity contribution in [2.24, 2.45) is 0 Å². The molecule has 2 heterocycles. The Morgan fingerprint density at radius 2 is 1.02 bits per heavy atom. The van der Waals surface area contributed by atoms with Crippen molar-refractivity contribution in [2.45, 2.75) is 25.5 Å². The molecule has 2 aromatic heterocycles. The molecule has 0 aliphatic heterocycles. The maximum absolute atomic E-state index is 14.0. The highest BCUT2D eigenvalue weighted by atomic mass is 32.2. The van der Waals surface area contributed by atoms with Gasteiger partial charge in [-0.3, -0.25) is 9.80 Å². The summed E-state index contributed by atoms with van der Waals surface area (Å²) in [6.07, 6.45) is 4.40. The topological polar surface area (TPSA) is 137 Å². The molecule has 0 fully saturated rings. The van der Waals surface area contributed by atoms with Crippen LogP contribution in [0.4, 0.5) is 17.6 Å². The molecule has 2 aromatic carbocycles. The fourth-order valence-corrected chi connectivity index (χ4v) is 6.19. The molecule has 0 radical (unpaired) electrons. The van der Waals surface area contributed by atoms with Gasteiger partial charge >= 0.3 is 11.9 Å². The monoisotopic (exact) mass is 744 g/mol. The van der Waals surface area contributed by atoms with E-state index in [1.54, 1.807) is 0 Å². The lowest BCUT2D eigenvalue weighted by Gasteiger charge is -2.28. The molecule has 4 aromatic rings. The van der Waals surface area contributed by atoms with E-state index in [2.05, 4.69) is 0 Å². The van der Waals surface area contributed by atoms with Gasteiger partial charge in [0.15, 0.2) is 35.7 Å². The Labute approximate surface area is 286 Å². The molecule has 272 valence electrons. The summed E-state index contributed by atoms with van der Waals surface area (Å²) in [7, 11) is -3.82. The van der Waals surface area contributed by atoms with Crippen LogP contribution in [0.2, 0.25) is 0 Å². The molecule has 50 heavy (non-hydrogen) atoms. The summed E-state index contributed by atoms with van der Waals surface area (Å²) in [4.78, 5) is 28.7. The minimum atomic E-state index is -3.41. The maximum Gasteiger partial charge on any atom is 0.332 e. The predicted octanol–water partition coefficient (Wildman–Crippen LogP) is 3.10. The number of halogens is 4. The summed E-state index contributed by atoms with van der Waals surface area (Å²) in [5.74, 6) is -6.89. The molecule has 0 spiro atoms. The highest BCUT2D eigenvalue weighted by molar-refractivity contribution is 7.90. The van der Waals surface area contributed by atoms with Crippen molar-refractivity contribution in [1.82, 2.24) is 18.9 Å². The molecule has 2 unspecified atom stereocenters. The number of hydrogen-bond acceptors (Lipinski definition) is 10. The van der Waals surface area contributed by atoms with Gasteiger partial charge in [0, 0.05) is 73.1 Å². The number of benzene rings is 2. The number of ether oxygens (including phenoxy) is 2. The predicted molar refractivity (Wildman–Crippen MR) is 177 cm³/mol. The largest absolute Gasteiger partial charge is 0.441 e. The molecular weight excluding hydrogens is 708 g/mol. The van der Waals surface area contributed by atoms with E-state index in [9.17, 15) is 44.0 Å². The minimum Gasteiger partial charge on any atom is -0.441 e. The van der Waals surface area contributed by atoms with Crippen molar-refractivity contribution in [1.29, 1.82) is 0 Å². The summed E-state index contributed by atoms with van der Waals surface area (Å²) in [5, 5.41) is 0.744. The van der Waals surface area contributed by atoms with Gasteiger partial charge in [0.05, 0.1) is 35.6 Å². The van der Waals surface area contributed by atoms with Crippen LogP contribution in [0.1, 0.15) is 0 Å². The second-order valence-corrected chi connectivity index (χ2v) is 16.4. The number of carbonyl (C=O) groups excluding carboxylic acids is 2. The van der Waals surface area contributed by atoms with E-state index < -0.39 is 67.3 Å². The number of carbonyl (C=O) groups is 2. The number of hydrogen-bond donors (Lipinski definition) is 0. The van der Waals surface area contributed by atoms with E-state index in [0.29, 0.717) is 10.8 Å². The summed E-state index contributed by atoms with van der Waals surface area (Å²) >= 11 is 0. The zero-order chi connectivity index (χ0) is 37.0. The van der Waals surface area contributed by atoms with E-state index in [1.807, 2.05) is 0 Å². The van der Waals surface area contributed by atoms with Gasteiger partial charge in [0.2, 0.25) is 0 Å². The Hall–Kier alpha value is -4.26. The molecule has 12 nitrogen and oxygen atoms in total. The standard InChI is InChI=1S/C32H36F4N4O8S2/c1-37(11-13-49(3,43)44)29(19-39-9-7-21-15-23(33)25(35)17-27(21)39)47-31(41)5-6-32(42)48-30(38(2)12-14-50(4,45)46)20-40-10-8-22-16-24(34)26(36)18-28(22)40/h5-10,15-18,29-30H,11-14,19-20H2,1-4H3/b6-5+. The van der Waals surface area contributed by atoms with Gasteiger partial charge in [0.25, 0.3) is 0 Å². The van der Waals surface area contributed by atoms with Gasteiger partial charge in [0.1, 0.15) is 19.7 Å². The van der Waals surface area contributed by atoms with Crippen LogP contribution in [-0.4, -0.2) is 111 Å². The van der Waals surface area contributed by atoms with Crippen LogP contribution in [0.25, 0.3) is 21.8 Å². The van der Waals surface area contributed by atoms with Crippen molar-refractivity contribution in [3.8, 4) is 0 Å². The fraction of sp³-hybridized carbons (Fsp3) is 0.375. The Morgan fingerprint density at radius 3 is 1.36 bits per heavy atom. The van der Waals surface area contributed by atoms with Crippen LogP contribution in [0.3, 0.4) is 0 Å². The van der Waals surface area contributed by atoms with Gasteiger partial charge in [-0.25, -0.2) is 44.0 Å². The zero-order valence-corrected chi connectivity index (χ0v) is 29.2. The van der Waals surface area contributed by atoms with Gasteiger partial charge in [-0.15, -0.1) is 0 Å². The number of esters is 2. The van der Waals surface area contributed by atoms with Gasteiger partial charge < -0.3 is 18.6 Å². The number of aromatic nitrogens is 2. The van der Waals surface area contributed by atoms with E-state index >= 15 is 0 Å². The van der Waals surface area contributed by atoms with Crippen molar-refractivity contribution in [2.75, 3.05) is 51.2 Å². The Balaban J connectivity index is 1.51. The minimum absolute atomic E-state index is 0.0587. The third-order valence-electron chi connectivity index (χ3n) is 7.80. The van der Waals surface area contributed by atoms with Crippen molar-refractivity contribution in [3.63, 3.8) is 0 Å². The average Bonchev–Trinajstić information content (AvgIpc) is 3.59. The third-order valence-corrected chi connectivity index (χ3v) is 9.65. The van der Waals surface area contributed by atoms with Crippen LogP contribution in [0, 0.1) is 23.3 Å². The summed E-state index contributed by atoms with van der Waals surface area (Å²) in [6, 6.07) is 7.02. The number of nitrogens with zero attached hydrogens (tertiary/aromatic N) is 4. The molecule has 0 aliphatic carbocycles. The second kappa shape index (κ2) is 15.7. The van der Waals surface area contributed by atoms with Crippen LogP contribution >= 0.6 is 0 Å². The highest BCUT2D eigenvalue weighted by Crippen LogP contribution is 2.22. The first-order valence-electron chi connectivity index (χ1n) is 15.0. The zero-order valence-electron chi connectivity index (χ0n) is 27.6. The highest BCUT2D eigenvalue weighted by Gasteiger charge is 2.24. The molecule has 18 heteroatoms. The van der Waals surface area contributed by atoms with Crippen molar-refractivity contribution < 1.29 is 53.5 Å². The van der Waals surface area contributed by atoms with Crippen LogP contribution in [0.5, 0.6) is 0 Å². The van der Waals surface area contributed by atoms with E-state index in [1.165, 1.54) is 57.6 Å². The fourth-order valence-electron chi connectivity index (χ4n) is 4.95. The van der Waals surface area contributed by atoms with E-state index in [4.69, 9.17) is 9.47 Å². The summed E-state index contributed by atoms with van der Waals surface area (Å²) < 4.78 is 117. The van der Waals surface area contributed by atoms with Crippen LogP contribution in [0.15, 0.2) is 60.9 Å². The Kier molecular flexibility index (Phi) is 12.1. The SMILES string of the molecule is CN(CCS(C)(=O)=O)C(Cn1ccc2cc(F)c(F)cc21)OC(=O)/C=C/C(=O)OC(Cn1ccc2cc(F)c(F)cc21)N(C)CCS(C)(=O)=O. The average molecular weight is 745 g/mol. The van der Waals surface area contributed by atoms with Crippen LogP contribution < -0.4 is 0 Å². The Bertz CT molecular complexity index is 1980. The van der Waals surface area contributed by atoms with Crippen molar-refractivity contribution >= 4 is 53.4 Å². The normalized spacial score (nSPS) is 13.9. The summed E-state index contributed by atoms with van der Waals surface area (Å²) in [6.45, 7) is -0.365. The number of likely N-dealkylation sites (N-methyl/N-ethyl adjacent to an activating group) is 2. The first-order valence-corrected chi connectivity index (χ1v) is 19.1. The van der Waals surface area contributed by atoms with Gasteiger partial charge in [-0.2, -0.15) is 0 Å². The Morgan fingerprint density at radius 1 is 0.680 bits per heavy atom. The molecule has 0 bridgehead atoms. The molecular formula is C32H36F4N4O8S2. The lowest BCUT2D eigenvalue weighted by atomic mass is 10.2. The van der Waals surface area contributed by atoms with Crippen molar-refractivity contribution in [3.05, 3.63) is 84.2 Å². The second-order valence-electron chi connectivity index (χ2n) is 11.9. The third kappa shape index (κ3) is 10.6. The number of sulfone groups is 2. The molecule has 0 aliphatic rings. The first-order chi connectivity index (χ1) is 23.3. The van der Waals surface area contributed by atoms with E-state index in [0.717, 1.165) is 48.9 Å². The quantitative estimate of drug-likeness (QED) is 0.0729. The lowest BCUT2D eigenvalue weighted by Crippen LogP contribution is -2.41.